The van der Waals surface area contributed by atoms with Crippen molar-refractivity contribution < 1.29 is 13.6 Å². The van der Waals surface area contributed by atoms with Crippen molar-refractivity contribution >= 4 is 34.9 Å². The largest absolute Gasteiger partial charge is 0.321 e. The van der Waals surface area contributed by atoms with Crippen LogP contribution < -0.4 is 5.32 Å². The number of hydrogen-bond acceptors (Lipinski definition) is 5. The summed E-state index contributed by atoms with van der Waals surface area (Å²) in [6.45, 7) is 0. The quantitative estimate of drug-likeness (QED) is 0.879. The molecule has 1 heterocycles. The van der Waals surface area contributed by atoms with Crippen LogP contribution in [0.3, 0.4) is 0 Å². The van der Waals surface area contributed by atoms with Gasteiger partial charge in [-0.05, 0) is 42.1 Å². The highest BCUT2D eigenvalue weighted by Gasteiger charge is 2.23. The summed E-state index contributed by atoms with van der Waals surface area (Å²) in [7, 11) is 0. The van der Waals surface area contributed by atoms with E-state index in [0.29, 0.717) is 17.2 Å². The second-order valence-electron chi connectivity index (χ2n) is 3.47. The number of halogens is 2. The lowest BCUT2D eigenvalue weighted by Gasteiger charge is -2.05. The maximum absolute atomic E-state index is 12.6. The van der Waals surface area contributed by atoms with E-state index in [9.17, 15) is 13.6 Å². The number of alkyl halides is 2. The summed E-state index contributed by atoms with van der Waals surface area (Å²) in [6.07, 6.45) is -0.871. The average molecular weight is 301 g/mol. The Kier molecular flexibility index (Phi) is 4.43. The summed E-state index contributed by atoms with van der Waals surface area (Å²) in [4.78, 5) is 12.7. The standard InChI is InChI=1S/C11H9F2N3OS2/c1-18-7-4-2-6(3-5-7)14-11(17)9-8(10(12)13)15-16-19-9/h2-5,10H,1H3,(H,14,17). The zero-order chi connectivity index (χ0) is 13.8. The molecule has 0 aliphatic heterocycles. The van der Waals surface area contributed by atoms with Crippen LogP contribution in [0.25, 0.3) is 0 Å². The Balaban J connectivity index is 2.13. The molecule has 1 amide bonds. The Bertz CT molecular complexity index is 572. The molecule has 0 saturated carbocycles. The lowest BCUT2D eigenvalue weighted by atomic mass is 10.3. The average Bonchev–Trinajstić information content (AvgIpc) is 2.89. The Morgan fingerprint density at radius 1 is 1.37 bits per heavy atom. The maximum Gasteiger partial charge on any atom is 0.283 e. The Labute approximate surface area is 116 Å². The molecule has 1 aromatic heterocycles. The van der Waals surface area contributed by atoms with Crippen molar-refractivity contribution in [2.75, 3.05) is 11.6 Å². The van der Waals surface area contributed by atoms with E-state index in [4.69, 9.17) is 0 Å². The van der Waals surface area contributed by atoms with Crippen molar-refractivity contribution in [3.63, 3.8) is 0 Å². The number of thioether (sulfide) groups is 1. The van der Waals surface area contributed by atoms with Gasteiger partial charge < -0.3 is 5.32 Å². The third-order valence-electron chi connectivity index (χ3n) is 2.27. The summed E-state index contributed by atoms with van der Waals surface area (Å²) in [6, 6.07) is 7.08. The van der Waals surface area contributed by atoms with Crippen LogP contribution >= 0.6 is 23.3 Å². The number of amides is 1. The van der Waals surface area contributed by atoms with Crippen molar-refractivity contribution in [3.05, 3.63) is 34.8 Å². The fourth-order valence-electron chi connectivity index (χ4n) is 1.36. The van der Waals surface area contributed by atoms with Crippen LogP contribution in [-0.4, -0.2) is 21.7 Å². The number of nitrogens with one attached hydrogen (secondary N) is 1. The van der Waals surface area contributed by atoms with Crippen molar-refractivity contribution in [1.82, 2.24) is 9.59 Å². The number of carbonyl (C=O) groups is 1. The van der Waals surface area contributed by atoms with Crippen LogP contribution in [0.1, 0.15) is 21.8 Å². The Morgan fingerprint density at radius 3 is 2.63 bits per heavy atom. The summed E-state index contributed by atoms with van der Waals surface area (Å²) in [5.74, 6) is -0.623. The predicted molar refractivity (Wildman–Crippen MR) is 71.0 cm³/mol. The first-order chi connectivity index (χ1) is 9.11. The second-order valence-corrected chi connectivity index (χ2v) is 5.10. The van der Waals surface area contributed by atoms with E-state index in [2.05, 4.69) is 14.9 Å². The van der Waals surface area contributed by atoms with E-state index >= 15 is 0 Å². The zero-order valence-electron chi connectivity index (χ0n) is 9.76. The number of hydrogen-bond donors (Lipinski definition) is 1. The molecular weight excluding hydrogens is 292 g/mol. The van der Waals surface area contributed by atoms with E-state index in [0.717, 1.165) is 4.90 Å². The molecule has 19 heavy (non-hydrogen) atoms. The van der Waals surface area contributed by atoms with Gasteiger partial charge in [0, 0.05) is 10.6 Å². The second kappa shape index (κ2) is 6.07. The Morgan fingerprint density at radius 2 is 2.05 bits per heavy atom. The van der Waals surface area contributed by atoms with Crippen LogP contribution in [0.15, 0.2) is 29.2 Å². The summed E-state index contributed by atoms with van der Waals surface area (Å²) in [5, 5.41) is 5.80. The molecule has 4 nitrogen and oxygen atoms in total. The number of carbonyl (C=O) groups excluding carboxylic acids is 1. The van der Waals surface area contributed by atoms with E-state index < -0.39 is 18.0 Å². The van der Waals surface area contributed by atoms with Crippen LogP contribution in [0.5, 0.6) is 0 Å². The molecule has 1 aromatic carbocycles. The van der Waals surface area contributed by atoms with Gasteiger partial charge in [0.15, 0.2) is 5.69 Å². The minimum Gasteiger partial charge on any atom is -0.321 e. The molecule has 0 bridgehead atoms. The molecule has 2 aromatic rings. The fourth-order valence-corrected chi connectivity index (χ4v) is 2.34. The topological polar surface area (TPSA) is 54.9 Å². The summed E-state index contributed by atoms with van der Waals surface area (Å²) < 4.78 is 28.5. The molecule has 0 fully saturated rings. The van der Waals surface area contributed by atoms with E-state index in [-0.39, 0.29) is 4.88 Å². The number of rotatable bonds is 4. The third-order valence-corrected chi connectivity index (χ3v) is 3.76. The van der Waals surface area contributed by atoms with Crippen LogP contribution in [0.2, 0.25) is 0 Å². The van der Waals surface area contributed by atoms with Gasteiger partial charge in [0.05, 0.1) is 0 Å². The molecule has 0 atom stereocenters. The molecule has 0 spiro atoms. The van der Waals surface area contributed by atoms with E-state index in [1.54, 1.807) is 23.9 Å². The minimum absolute atomic E-state index is 0.163. The number of nitrogens with zero attached hydrogens (tertiary/aromatic N) is 2. The maximum atomic E-state index is 12.6. The van der Waals surface area contributed by atoms with Gasteiger partial charge >= 0.3 is 0 Å². The molecule has 2 rings (SSSR count). The first kappa shape index (κ1) is 13.9. The monoisotopic (exact) mass is 301 g/mol. The molecule has 1 N–H and O–H groups in total. The lowest BCUT2D eigenvalue weighted by Crippen LogP contribution is -2.12. The lowest BCUT2D eigenvalue weighted by molar-refractivity contribution is 0.101. The van der Waals surface area contributed by atoms with Gasteiger partial charge in [-0.1, -0.05) is 4.49 Å². The molecule has 0 unspecified atom stereocenters. The normalized spacial score (nSPS) is 10.7. The van der Waals surface area contributed by atoms with Crippen LogP contribution in [0.4, 0.5) is 14.5 Å². The van der Waals surface area contributed by atoms with Crippen molar-refractivity contribution in [3.8, 4) is 0 Å². The first-order valence-electron chi connectivity index (χ1n) is 5.17. The van der Waals surface area contributed by atoms with Gasteiger partial charge in [0.2, 0.25) is 0 Å². The molecule has 100 valence electrons. The summed E-state index contributed by atoms with van der Waals surface area (Å²) in [5.41, 5.74) is -0.0420. The van der Waals surface area contributed by atoms with E-state index in [1.807, 2.05) is 18.4 Å². The highest BCUT2D eigenvalue weighted by atomic mass is 32.2. The Hall–Kier alpha value is -1.54. The van der Waals surface area contributed by atoms with Gasteiger partial charge in [-0.3, -0.25) is 4.79 Å². The minimum atomic E-state index is -2.81. The number of anilines is 1. The van der Waals surface area contributed by atoms with Gasteiger partial charge in [-0.15, -0.1) is 16.9 Å². The van der Waals surface area contributed by atoms with Crippen molar-refractivity contribution in [2.45, 2.75) is 11.3 Å². The highest BCUT2D eigenvalue weighted by molar-refractivity contribution is 7.98. The van der Waals surface area contributed by atoms with Gasteiger partial charge in [0.1, 0.15) is 4.88 Å². The molecule has 0 aliphatic carbocycles. The molecule has 0 aliphatic rings. The van der Waals surface area contributed by atoms with Crippen molar-refractivity contribution in [1.29, 1.82) is 0 Å². The van der Waals surface area contributed by atoms with Crippen molar-refractivity contribution in [2.24, 2.45) is 0 Å². The first-order valence-corrected chi connectivity index (χ1v) is 7.17. The number of aromatic nitrogens is 2. The highest BCUT2D eigenvalue weighted by Crippen LogP contribution is 2.24. The molecular formula is C11H9F2N3OS2. The SMILES string of the molecule is CSc1ccc(NC(=O)c2snnc2C(F)F)cc1. The molecule has 0 radical (unpaired) electrons. The smallest absolute Gasteiger partial charge is 0.283 e. The summed E-state index contributed by atoms with van der Waals surface area (Å²) >= 11 is 2.23. The predicted octanol–water partition coefficient (Wildman–Crippen LogP) is 3.45. The molecule has 0 saturated heterocycles. The number of benzene rings is 1. The third kappa shape index (κ3) is 3.27. The fraction of sp³-hybridized carbons (Fsp3) is 0.182. The zero-order valence-corrected chi connectivity index (χ0v) is 11.4. The van der Waals surface area contributed by atoms with Crippen LogP contribution in [0, 0.1) is 0 Å². The van der Waals surface area contributed by atoms with Crippen LogP contribution in [-0.2, 0) is 0 Å². The van der Waals surface area contributed by atoms with Gasteiger partial charge in [-0.2, -0.15) is 0 Å². The van der Waals surface area contributed by atoms with E-state index in [1.165, 1.54) is 0 Å². The van der Waals surface area contributed by atoms with Gasteiger partial charge in [0.25, 0.3) is 12.3 Å². The molecule has 8 heteroatoms. The van der Waals surface area contributed by atoms with Gasteiger partial charge in [-0.25, -0.2) is 8.78 Å².